The van der Waals surface area contributed by atoms with Crippen molar-refractivity contribution >= 4 is 11.6 Å². The first-order valence-electron chi connectivity index (χ1n) is 11.9. The molecule has 3 nitrogen and oxygen atoms in total. The van der Waals surface area contributed by atoms with Crippen LogP contribution in [0.15, 0.2) is 72.7 Å². The molecule has 5 rings (SSSR count). The summed E-state index contributed by atoms with van der Waals surface area (Å²) < 4.78 is 40.4. The fraction of sp³-hybridized carbons (Fsp3) is 0.115. The summed E-state index contributed by atoms with van der Waals surface area (Å²) >= 11 is 6.67. The van der Waals surface area contributed by atoms with Gasteiger partial charge in [0.15, 0.2) is 5.82 Å². The Labute approximate surface area is 187 Å². The van der Waals surface area contributed by atoms with Crippen LogP contribution in [0.1, 0.15) is 37.4 Å². The van der Waals surface area contributed by atoms with Crippen molar-refractivity contribution in [3.8, 4) is 39.8 Å². The average Bonchev–Trinajstić information content (AvgIpc) is 3.08. The van der Waals surface area contributed by atoms with Crippen LogP contribution in [-0.4, -0.2) is 9.97 Å². The molecule has 3 aromatic carbocycles. The molecule has 1 aliphatic carbocycles. The van der Waals surface area contributed by atoms with Gasteiger partial charge in [0.05, 0.1) is 24.2 Å². The lowest BCUT2D eigenvalue weighted by atomic mass is 9.82. The van der Waals surface area contributed by atoms with Crippen molar-refractivity contribution in [2.45, 2.75) is 19.3 Å². The van der Waals surface area contributed by atoms with Crippen molar-refractivity contribution in [3.05, 3.63) is 94.5 Å². The van der Waals surface area contributed by atoms with Crippen molar-refractivity contribution in [1.29, 1.82) is 5.26 Å². The standard InChI is InChI=1S/C26H18ClN3/c1-26(2)21-14-19(17-10-8-16(15-28)9-11-17)12-13-20(21)23-22(26)24(27)30-25(29-23)18-6-4-3-5-7-18/h3-14H,1-2H3/i3D,4D,5D,6D,7D. The molecule has 1 heterocycles. The minimum atomic E-state index is -0.525. The number of nitriles is 1. The molecule has 0 fully saturated rings. The van der Waals surface area contributed by atoms with E-state index in [1.807, 2.05) is 38.1 Å². The van der Waals surface area contributed by atoms with Gasteiger partial charge in [0.25, 0.3) is 0 Å². The van der Waals surface area contributed by atoms with Crippen LogP contribution in [0.4, 0.5) is 0 Å². The maximum absolute atomic E-state index is 9.07. The molecule has 4 heteroatoms. The molecule has 144 valence electrons. The third-order valence-electron chi connectivity index (χ3n) is 5.51. The molecule has 0 amide bonds. The molecule has 0 saturated heterocycles. The molecule has 1 aliphatic rings. The second-order valence-electron chi connectivity index (χ2n) is 7.64. The summed E-state index contributed by atoms with van der Waals surface area (Å²) in [7, 11) is 0. The highest BCUT2D eigenvalue weighted by molar-refractivity contribution is 6.31. The second kappa shape index (κ2) is 6.79. The molecule has 0 N–H and O–H groups in total. The predicted octanol–water partition coefficient (Wildman–Crippen LogP) is 6.64. The van der Waals surface area contributed by atoms with E-state index in [1.165, 1.54) is 0 Å². The number of hydrogen-bond acceptors (Lipinski definition) is 3. The van der Waals surface area contributed by atoms with Crippen LogP contribution in [0, 0.1) is 11.3 Å². The molecule has 0 atom stereocenters. The highest BCUT2D eigenvalue weighted by Gasteiger charge is 2.39. The molecule has 0 bridgehead atoms. The van der Waals surface area contributed by atoms with E-state index in [2.05, 4.69) is 22.1 Å². The SMILES string of the molecule is [2H]c1c([2H])c([2H])c(-c2nc(Cl)c3c(n2)-c2ccc(-c4ccc(C#N)cc4)cc2C3(C)C)c([2H])c1[2H]. The third kappa shape index (κ3) is 2.81. The van der Waals surface area contributed by atoms with E-state index in [-0.39, 0.29) is 28.6 Å². The van der Waals surface area contributed by atoms with Crippen LogP contribution >= 0.6 is 11.6 Å². The maximum atomic E-state index is 9.07. The van der Waals surface area contributed by atoms with Gasteiger partial charge < -0.3 is 0 Å². The number of nitrogens with zero attached hydrogens (tertiary/aromatic N) is 3. The van der Waals surface area contributed by atoms with Gasteiger partial charge in [-0.1, -0.05) is 79.9 Å². The number of aromatic nitrogens is 2. The number of halogens is 1. The molecular weight excluding hydrogens is 390 g/mol. The van der Waals surface area contributed by atoms with Crippen LogP contribution in [0.3, 0.4) is 0 Å². The van der Waals surface area contributed by atoms with E-state index in [9.17, 15) is 0 Å². The molecule has 30 heavy (non-hydrogen) atoms. The molecule has 0 aliphatic heterocycles. The van der Waals surface area contributed by atoms with Gasteiger partial charge >= 0.3 is 0 Å². The van der Waals surface area contributed by atoms with Gasteiger partial charge in [0, 0.05) is 22.1 Å². The Morgan fingerprint density at radius 2 is 1.63 bits per heavy atom. The molecule has 1 aromatic heterocycles. The van der Waals surface area contributed by atoms with Gasteiger partial charge in [0.1, 0.15) is 5.15 Å². The van der Waals surface area contributed by atoms with Crippen LogP contribution in [0.5, 0.6) is 0 Å². The Kier molecular flexibility index (Phi) is 3.10. The minimum absolute atomic E-state index is 0.00873. The lowest BCUT2D eigenvalue weighted by Crippen LogP contribution is -2.16. The molecule has 0 radical (unpaired) electrons. The fourth-order valence-electron chi connectivity index (χ4n) is 3.98. The van der Waals surface area contributed by atoms with Crippen molar-refractivity contribution in [1.82, 2.24) is 9.97 Å². The first-order chi connectivity index (χ1) is 16.6. The van der Waals surface area contributed by atoms with Crippen LogP contribution in [-0.2, 0) is 5.41 Å². The van der Waals surface area contributed by atoms with E-state index >= 15 is 0 Å². The predicted molar refractivity (Wildman–Crippen MR) is 120 cm³/mol. The van der Waals surface area contributed by atoms with Gasteiger partial charge in [-0.15, -0.1) is 0 Å². The Balaban J connectivity index is 1.71. The average molecular weight is 413 g/mol. The highest BCUT2D eigenvalue weighted by Crippen LogP contribution is 2.51. The highest BCUT2D eigenvalue weighted by atomic mass is 35.5. The van der Waals surface area contributed by atoms with E-state index in [4.69, 9.17) is 23.7 Å². The summed E-state index contributed by atoms with van der Waals surface area (Å²) in [6, 6.07) is 13.3. The monoisotopic (exact) mass is 412 g/mol. The normalized spacial score (nSPS) is 15.7. The zero-order valence-corrected chi connectivity index (χ0v) is 17.0. The number of fused-ring (bicyclic) bond motifs is 3. The molecular formula is C26H18ClN3. The maximum Gasteiger partial charge on any atom is 0.161 e. The minimum Gasteiger partial charge on any atom is -0.228 e. The third-order valence-corrected chi connectivity index (χ3v) is 5.78. The van der Waals surface area contributed by atoms with E-state index < -0.39 is 23.5 Å². The smallest absolute Gasteiger partial charge is 0.161 e. The first-order valence-corrected chi connectivity index (χ1v) is 9.74. The first kappa shape index (κ1) is 13.7. The summed E-state index contributed by atoms with van der Waals surface area (Å²) in [5.41, 5.74) is 5.07. The molecule has 0 unspecified atom stereocenters. The topological polar surface area (TPSA) is 49.6 Å². The summed E-state index contributed by atoms with van der Waals surface area (Å²) in [5.74, 6) is -0.00873. The Hall–Kier alpha value is -3.48. The van der Waals surface area contributed by atoms with Gasteiger partial charge in [-0.25, -0.2) is 9.97 Å². The van der Waals surface area contributed by atoms with Crippen molar-refractivity contribution < 1.29 is 6.85 Å². The number of benzene rings is 3. The van der Waals surface area contributed by atoms with E-state index in [0.29, 0.717) is 11.3 Å². The van der Waals surface area contributed by atoms with Crippen molar-refractivity contribution in [2.75, 3.05) is 0 Å². The van der Waals surface area contributed by atoms with Crippen LogP contribution < -0.4 is 0 Å². The molecule has 0 spiro atoms. The summed E-state index contributed by atoms with van der Waals surface area (Å²) in [6.45, 7) is 4.05. The largest absolute Gasteiger partial charge is 0.228 e. The number of rotatable bonds is 2. The van der Waals surface area contributed by atoms with E-state index in [1.54, 1.807) is 12.1 Å². The van der Waals surface area contributed by atoms with Gasteiger partial charge in [-0.05, 0) is 34.9 Å². The number of hydrogen-bond donors (Lipinski definition) is 0. The van der Waals surface area contributed by atoms with Crippen molar-refractivity contribution in [3.63, 3.8) is 0 Å². The zero-order valence-electron chi connectivity index (χ0n) is 21.3. The van der Waals surface area contributed by atoms with Gasteiger partial charge in [0.2, 0.25) is 0 Å². The summed E-state index contributed by atoms with van der Waals surface area (Å²) in [5, 5.41) is 9.25. The quantitative estimate of drug-likeness (QED) is 0.346. The lowest BCUT2D eigenvalue weighted by molar-refractivity contribution is 0.656. The Morgan fingerprint density at radius 3 is 2.33 bits per heavy atom. The molecule has 0 saturated carbocycles. The summed E-state index contributed by atoms with van der Waals surface area (Å²) in [4.78, 5) is 9.06. The van der Waals surface area contributed by atoms with Gasteiger partial charge in [-0.2, -0.15) is 5.26 Å². The second-order valence-corrected chi connectivity index (χ2v) is 7.99. The fourth-order valence-corrected chi connectivity index (χ4v) is 4.38. The van der Waals surface area contributed by atoms with E-state index in [0.717, 1.165) is 27.8 Å². The molecule has 4 aromatic rings. The Morgan fingerprint density at radius 1 is 0.933 bits per heavy atom. The summed E-state index contributed by atoms with van der Waals surface area (Å²) in [6.07, 6.45) is 0. The Bertz CT molecular complexity index is 1560. The zero-order chi connectivity index (χ0) is 25.2. The van der Waals surface area contributed by atoms with Crippen molar-refractivity contribution in [2.24, 2.45) is 0 Å². The van der Waals surface area contributed by atoms with Crippen LogP contribution in [0.25, 0.3) is 33.8 Å². The van der Waals surface area contributed by atoms with Crippen LogP contribution in [0.2, 0.25) is 5.15 Å². The van der Waals surface area contributed by atoms with Gasteiger partial charge in [-0.3, -0.25) is 0 Å². The lowest BCUT2D eigenvalue weighted by Gasteiger charge is -2.22.